The minimum absolute atomic E-state index is 0.0496. The number of hydrogen-bond acceptors (Lipinski definition) is 6. The van der Waals surface area contributed by atoms with Crippen molar-refractivity contribution in [1.29, 1.82) is 0 Å². The molecule has 0 saturated carbocycles. The maximum atomic E-state index is 11.8. The Labute approximate surface area is 144 Å². The standard InChI is InChI=1S/C16H20N2O5S/c1-10(19)8-12-4-6-13(7-5-12)23-16(22)24-9-14(15(21)17-3)18-11(2)20/h4-7,14H,8-9H2,1-3H3,(H,17,21)(H,18,20). The van der Waals surface area contributed by atoms with E-state index in [9.17, 15) is 19.2 Å². The fourth-order valence-corrected chi connectivity index (χ4v) is 2.53. The average molecular weight is 352 g/mol. The number of nitrogens with one attached hydrogen (secondary N) is 2. The molecule has 0 heterocycles. The number of carbonyl (C=O) groups is 4. The number of hydrogen-bond donors (Lipinski definition) is 2. The topological polar surface area (TPSA) is 102 Å². The maximum Gasteiger partial charge on any atom is 0.372 e. The Morgan fingerprint density at radius 2 is 1.75 bits per heavy atom. The third kappa shape index (κ3) is 7.28. The molecule has 1 rings (SSSR count). The van der Waals surface area contributed by atoms with Gasteiger partial charge in [-0.1, -0.05) is 12.1 Å². The van der Waals surface area contributed by atoms with Crippen molar-refractivity contribution in [3.05, 3.63) is 29.8 Å². The van der Waals surface area contributed by atoms with Crippen LogP contribution in [-0.4, -0.2) is 41.7 Å². The molecule has 0 fully saturated rings. The Kier molecular flexibility index (Phi) is 7.97. The van der Waals surface area contributed by atoms with Crippen molar-refractivity contribution in [3.63, 3.8) is 0 Å². The summed E-state index contributed by atoms with van der Waals surface area (Å²) < 4.78 is 5.14. The van der Waals surface area contributed by atoms with Crippen LogP contribution in [-0.2, 0) is 20.8 Å². The van der Waals surface area contributed by atoms with E-state index in [-0.39, 0.29) is 23.4 Å². The predicted molar refractivity (Wildman–Crippen MR) is 91.0 cm³/mol. The molecule has 2 N–H and O–H groups in total. The van der Waals surface area contributed by atoms with Crippen LogP contribution in [0.2, 0.25) is 0 Å². The van der Waals surface area contributed by atoms with E-state index in [0.717, 1.165) is 17.3 Å². The molecule has 0 saturated heterocycles. The molecule has 1 unspecified atom stereocenters. The highest BCUT2D eigenvalue weighted by atomic mass is 32.2. The molecular formula is C16H20N2O5S. The van der Waals surface area contributed by atoms with Crippen molar-refractivity contribution < 1.29 is 23.9 Å². The highest BCUT2D eigenvalue weighted by Crippen LogP contribution is 2.17. The summed E-state index contributed by atoms with van der Waals surface area (Å²) in [5.74, 6) is -0.303. The fourth-order valence-electron chi connectivity index (χ4n) is 1.84. The van der Waals surface area contributed by atoms with Gasteiger partial charge in [0.05, 0.1) is 0 Å². The van der Waals surface area contributed by atoms with Crippen LogP contribution in [0.15, 0.2) is 24.3 Å². The molecule has 0 aliphatic rings. The number of ketones is 1. The van der Waals surface area contributed by atoms with Crippen LogP contribution < -0.4 is 15.4 Å². The molecule has 24 heavy (non-hydrogen) atoms. The summed E-state index contributed by atoms with van der Waals surface area (Å²) in [5, 5.41) is 4.29. The molecule has 0 radical (unpaired) electrons. The van der Waals surface area contributed by atoms with Gasteiger partial charge in [0.1, 0.15) is 17.6 Å². The summed E-state index contributed by atoms with van der Waals surface area (Å²) in [4.78, 5) is 45.6. The van der Waals surface area contributed by atoms with Crippen molar-refractivity contribution in [2.24, 2.45) is 0 Å². The van der Waals surface area contributed by atoms with Gasteiger partial charge in [-0.25, -0.2) is 4.79 Å². The SMILES string of the molecule is CNC(=O)C(CSC(=O)Oc1ccc(CC(C)=O)cc1)NC(C)=O. The minimum Gasteiger partial charge on any atom is -0.418 e. The quantitative estimate of drug-likeness (QED) is 0.717. The van der Waals surface area contributed by atoms with Crippen LogP contribution in [0, 0.1) is 0 Å². The molecule has 130 valence electrons. The fraction of sp³-hybridized carbons (Fsp3) is 0.375. The molecule has 0 aliphatic carbocycles. The zero-order valence-electron chi connectivity index (χ0n) is 13.8. The largest absolute Gasteiger partial charge is 0.418 e. The van der Waals surface area contributed by atoms with Crippen LogP contribution in [0.4, 0.5) is 4.79 Å². The van der Waals surface area contributed by atoms with Gasteiger partial charge >= 0.3 is 5.30 Å². The van der Waals surface area contributed by atoms with E-state index in [2.05, 4.69) is 10.6 Å². The molecule has 1 atom stereocenters. The first-order valence-electron chi connectivity index (χ1n) is 7.23. The lowest BCUT2D eigenvalue weighted by molar-refractivity contribution is -0.127. The van der Waals surface area contributed by atoms with Crippen molar-refractivity contribution >= 4 is 34.7 Å². The zero-order chi connectivity index (χ0) is 18.1. The Balaban J connectivity index is 2.53. The summed E-state index contributed by atoms with van der Waals surface area (Å²) in [5.41, 5.74) is 0.834. The van der Waals surface area contributed by atoms with Gasteiger partial charge in [0.15, 0.2) is 0 Å². The summed E-state index contributed by atoms with van der Waals surface area (Å²) in [7, 11) is 1.45. The third-order valence-corrected chi connectivity index (χ3v) is 3.70. The molecule has 0 bridgehead atoms. The molecule has 8 heteroatoms. The van der Waals surface area contributed by atoms with E-state index in [1.54, 1.807) is 24.3 Å². The summed E-state index contributed by atoms with van der Waals surface area (Å²) >= 11 is 0.789. The van der Waals surface area contributed by atoms with Gasteiger partial charge in [-0.3, -0.25) is 14.4 Å². The van der Waals surface area contributed by atoms with Crippen LogP contribution >= 0.6 is 11.8 Å². The van der Waals surface area contributed by atoms with Crippen molar-refractivity contribution in [1.82, 2.24) is 10.6 Å². The predicted octanol–water partition coefficient (Wildman–Crippen LogP) is 1.30. The lowest BCUT2D eigenvalue weighted by atomic mass is 10.1. The minimum atomic E-state index is -0.817. The molecule has 0 aromatic heterocycles. The van der Waals surface area contributed by atoms with Gasteiger partial charge in [-0.15, -0.1) is 0 Å². The summed E-state index contributed by atoms with van der Waals surface area (Å²) in [6, 6.07) is 5.79. The molecule has 0 aliphatic heterocycles. The lowest BCUT2D eigenvalue weighted by Gasteiger charge is -2.15. The number of thioether (sulfide) groups is 1. The first kappa shape index (κ1) is 19.7. The summed E-state index contributed by atoms with van der Waals surface area (Å²) in [6.07, 6.45) is 0.327. The first-order chi connectivity index (χ1) is 11.3. The van der Waals surface area contributed by atoms with E-state index >= 15 is 0 Å². The van der Waals surface area contributed by atoms with E-state index in [1.807, 2.05) is 0 Å². The smallest absolute Gasteiger partial charge is 0.372 e. The van der Waals surface area contributed by atoms with Crippen molar-refractivity contribution in [2.45, 2.75) is 26.3 Å². The zero-order valence-corrected chi connectivity index (χ0v) is 14.6. The monoisotopic (exact) mass is 352 g/mol. The maximum absolute atomic E-state index is 11.8. The Morgan fingerprint density at radius 1 is 1.12 bits per heavy atom. The number of carbonyl (C=O) groups excluding carboxylic acids is 4. The van der Waals surface area contributed by atoms with Gasteiger partial charge in [0.2, 0.25) is 11.8 Å². The van der Waals surface area contributed by atoms with Gasteiger partial charge in [0, 0.05) is 26.1 Å². The second-order valence-corrected chi connectivity index (χ2v) is 6.01. The van der Waals surface area contributed by atoms with Crippen LogP contribution in [0.25, 0.3) is 0 Å². The van der Waals surface area contributed by atoms with Gasteiger partial charge in [0.25, 0.3) is 0 Å². The Morgan fingerprint density at radius 3 is 2.25 bits per heavy atom. The highest BCUT2D eigenvalue weighted by molar-refractivity contribution is 8.13. The molecule has 0 spiro atoms. The van der Waals surface area contributed by atoms with Gasteiger partial charge in [-0.2, -0.15) is 0 Å². The molecule has 2 amide bonds. The third-order valence-electron chi connectivity index (χ3n) is 2.89. The Bertz CT molecular complexity index is 615. The van der Waals surface area contributed by atoms with E-state index in [4.69, 9.17) is 4.74 Å². The first-order valence-corrected chi connectivity index (χ1v) is 8.22. The van der Waals surface area contributed by atoms with E-state index < -0.39 is 11.3 Å². The number of benzene rings is 1. The normalized spacial score (nSPS) is 11.3. The molecule has 7 nitrogen and oxygen atoms in total. The average Bonchev–Trinajstić information content (AvgIpc) is 2.51. The van der Waals surface area contributed by atoms with Crippen LogP contribution in [0.1, 0.15) is 19.4 Å². The van der Waals surface area contributed by atoms with Gasteiger partial charge in [-0.05, 0) is 36.4 Å². The van der Waals surface area contributed by atoms with Crippen LogP contribution in [0.5, 0.6) is 5.75 Å². The number of Topliss-reactive ketones (excluding diaryl/α,β-unsaturated/α-hetero) is 1. The lowest BCUT2D eigenvalue weighted by Crippen LogP contribution is -2.46. The Hall–Kier alpha value is -2.35. The van der Waals surface area contributed by atoms with Crippen LogP contribution in [0.3, 0.4) is 0 Å². The van der Waals surface area contributed by atoms with Crippen molar-refractivity contribution in [2.75, 3.05) is 12.8 Å². The second kappa shape index (κ2) is 9.71. The number of ether oxygens (including phenoxy) is 1. The number of rotatable bonds is 7. The molecule has 1 aromatic carbocycles. The highest BCUT2D eigenvalue weighted by Gasteiger charge is 2.20. The molecule has 1 aromatic rings. The second-order valence-electron chi connectivity index (χ2n) is 5.05. The summed E-state index contributed by atoms with van der Waals surface area (Å²) in [6.45, 7) is 2.80. The van der Waals surface area contributed by atoms with Gasteiger partial charge < -0.3 is 15.4 Å². The van der Waals surface area contributed by atoms with E-state index in [1.165, 1.54) is 20.9 Å². The number of likely N-dealkylation sites (N-methyl/N-ethyl adjacent to an activating group) is 1. The van der Waals surface area contributed by atoms with E-state index in [0.29, 0.717) is 12.2 Å². The molecular weight excluding hydrogens is 332 g/mol. The number of amides is 2. The van der Waals surface area contributed by atoms with Crippen molar-refractivity contribution in [3.8, 4) is 5.75 Å².